The third kappa shape index (κ3) is 1.46. The molecule has 0 unspecified atom stereocenters. The zero-order valence-corrected chi connectivity index (χ0v) is 10.3. The summed E-state index contributed by atoms with van der Waals surface area (Å²) in [6.07, 6.45) is 0. The van der Waals surface area contributed by atoms with E-state index < -0.39 is 0 Å². The second-order valence-corrected chi connectivity index (χ2v) is 4.81. The number of nitrogens with two attached hydrogens (primary N) is 1. The first kappa shape index (κ1) is 9.73. The van der Waals surface area contributed by atoms with Crippen LogP contribution in [-0.2, 0) is 7.05 Å². The standard InChI is InChI=1S/C9H10BrN3S/c1-5-4-14-9(8(5)10)6-3-7(11)13(2)12-6/h3-4H,11H2,1-2H3. The number of rotatable bonds is 1. The van der Waals surface area contributed by atoms with Crippen LogP contribution in [0.15, 0.2) is 15.9 Å². The molecule has 2 N–H and O–H groups in total. The quantitative estimate of drug-likeness (QED) is 0.867. The molecular formula is C9H10BrN3S. The Labute approximate surface area is 94.7 Å². The van der Waals surface area contributed by atoms with Crippen LogP contribution in [0, 0.1) is 6.92 Å². The fourth-order valence-corrected chi connectivity index (χ4v) is 2.84. The average molecular weight is 272 g/mol. The average Bonchev–Trinajstić information content (AvgIpc) is 2.61. The van der Waals surface area contributed by atoms with Gasteiger partial charge >= 0.3 is 0 Å². The molecule has 0 bridgehead atoms. The summed E-state index contributed by atoms with van der Waals surface area (Å²) in [6, 6.07) is 1.88. The predicted molar refractivity (Wildman–Crippen MR) is 63.4 cm³/mol. The van der Waals surface area contributed by atoms with Gasteiger partial charge in [0.2, 0.25) is 0 Å². The van der Waals surface area contributed by atoms with Gasteiger partial charge < -0.3 is 5.73 Å². The van der Waals surface area contributed by atoms with Gasteiger partial charge in [0, 0.05) is 17.6 Å². The van der Waals surface area contributed by atoms with Crippen molar-refractivity contribution in [3.05, 3.63) is 21.5 Å². The number of nitrogen functional groups attached to an aromatic ring is 1. The Morgan fingerprint density at radius 3 is 2.71 bits per heavy atom. The van der Waals surface area contributed by atoms with Crippen molar-refractivity contribution in [1.29, 1.82) is 0 Å². The van der Waals surface area contributed by atoms with E-state index in [0.717, 1.165) is 15.0 Å². The highest BCUT2D eigenvalue weighted by Gasteiger charge is 2.11. The van der Waals surface area contributed by atoms with Gasteiger partial charge in [-0.25, -0.2) is 0 Å². The molecule has 0 radical (unpaired) electrons. The molecule has 2 rings (SSSR count). The van der Waals surface area contributed by atoms with Gasteiger partial charge in [0.15, 0.2) is 0 Å². The van der Waals surface area contributed by atoms with E-state index in [9.17, 15) is 0 Å². The molecule has 5 heteroatoms. The Morgan fingerprint density at radius 2 is 2.29 bits per heavy atom. The molecule has 0 spiro atoms. The number of hydrogen-bond acceptors (Lipinski definition) is 3. The normalized spacial score (nSPS) is 10.8. The Morgan fingerprint density at radius 1 is 1.57 bits per heavy atom. The highest BCUT2D eigenvalue weighted by atomic mass is 79.9. The minimum absolute atomic E-state index is 0.679. The maximum Gasteiger partial charge on any atom is 0.121 e. The molecule has 74 valence electrons. The Bertz CT molecular complexity index is 453. The molecule has 0 aliphatic heterocycles. The largest absolute Gasteiger partial charge is 0.384 e. The van der Waals surface area contributed by atoms with Crippen molar-refractivity contribution in [2.45, 2.75) is 6.92 Å². The van der Waals surface area contributed by atoms with Crippen molar-refractivity contribution >= 4 is 33.1 Å². The first-order valence-corrected chi connectivity index (χ1v) is 5.80. The van der Waals surface area contributed by atoms with Crippen LogP contribution in [0.3, 0.4) is 0 Å². The predicted octanol–water partition coefficient (Wildman–Crippen LogP) is 2.80. The Hall–Kier alpha value is -0.810. The molecule has 2 aromatic rings. The lowest BCUT2D eigenvalue weighted by Gasteiger charge is -1.92. The van der Waals surface area contributed by atoms with Gasteiger partial charge in [-0.05, 0) is 33.8 Å². The van der Waals surface area contributed by atoms with E-state index >= 15 is 0 Å². The van der Waals surface area contributed by atoms with Crippen LogP contribution in [0.1, 0.15) is 5.56 Å². The number of aryl methyl sites for hydroxylation is 2. The van der Waals surface area contributed by atoms with Gasteiger partial charge in [0.25, 0.3) is 0 Å². The minimum Gasteiger partial charge on any atom is -0.384 e. The lowest BCUT2D eigenvalue weighted by Crippen LogP contribution is -1.96. The first-order chi connectivity index (χ1) is 6.59. The van der Waals surface area contributed by atoms with Crippen molar-refractivity contribution in [2.24, 2.45) is 7.05 Å². The number of thiophene rings is 1. The first-order valence-electron chi connectivity index (χ1n) is 4.13. The Kier molecular flexibility index (Phi) is 2.36. The van der Waals surface area contributed by atoms with Crippen LogP contribution in [0.5, 0.6) is 0 Å². The zero-order chi connectivity index (χ0) is 10.3. The molecule has 0 saturated heterocycles. The van der Waals surface area contributed by atoms with Crippen molar-refractivity contribution in [3.63, 3.8) is 0 Å². The van der Waals surface area contributed by atoms with Crippen LogP contribution in [0.4, 0.5) is 5.82 Å². The summed E-state index contributed by atoms with van der Waals surface area (Å²) in [4.78, 5) is 1.13. The summed E-state index contributed by atoms with van der Waals surface area (Å²) in [5.41, 5.74) is 7.88. The van der Waals surface area contributed by atoms with Gasteiger partial charge in [-0.1, -0.05) is 0 Å². The molecule has 2 heterocycles. The Balaban J connectivity index is 2.54. The molecule has 14 heavy (non-hydrogen) atoms. The molecule has 2 aromatic heterocycles. The van der Waals surface area contributed by atoms with Gasteiger partial charge in [-0.3, -0.25) is 4.68 Å². The molecular weight excluding hydrogens is 262 g/mol. The lowest BCUT2D eigenvalue weighted by molar-refractivity contribution is 0.783. The maximum atomic E-state index is 5.72. The van der Waals surface area contributed by atoms with E-state index in [1.165, 1.54) is 5.56 Å². The SMILES string of the molecule is Cc1csc(-c2cc(N)n(C)n2)c1Br. The number of aromatic nitrogens is 2. The van der Waals surface area contributed by atoms with E-state index in [0.29, 0.717) is 5.82 Å². The molecule has 0 aliphatic carbocycles. The third-order valence-electron chi connectivity index (χ3n) is 2.05. The second-order valence-electron chi connectivity index (χ2n) is 3.14. The molecule has 0 aliphatic rings. The van der Waals surface area contributed by atoms with Crippen LogP contribution >= 0.6 is 27.3 Å². The highest BCUT2D eigenvalue weighted by Crippen LogP contribution is 2.36. The molecule has 0 saturated carbocycles. The minimum atomic E-state index is 0.679. The van der Waals surface area contributed by atoms with Crippen LogP contribution in [0.2, 0.25) is 0 Å². The fraction of sp³-hybridized carbons (Fsp3) is 0.222. The van der Waals surface area contributed by atoms with Gasteiger partial charge in [-0.15, -0.1) is 11.3 Å². The summed E-state index contributed by atoms with van der Waals surface area (Å²) >= 11 is 5.21. The number of halogens is 1. The lowest BCUT2D eigenvalue weighted by atomic mass is 10.3. The van der Waals surface area contributed by atoms with Gasteiger partial charge in [-0.2, -0.15) is 5.10 Å². The van der Waals surface area contributed by atoms with Crippen LogP contribution in [0.25, 0.3) is 10.6 Å². The summed E-state index contributed by atoms with van der Waals surface area (Å²) < 4.78 is 2.79. The topological polar surface area (TPSA) is 43.8 Å². The van der Waals surface area contributed by atoms with E-state index in [2.05, 4.69) is 33.3 Å². The summed E-state index contributed by atoms with van der Waals surface area (Å²) in [5.74, 6) is 0.679. The second kappa shape index (κ2) is 3.40. The molecule has 0 amide bonds. The summed E-state index contributed by atoms with van der Waals surface area (Å²) in [6.45, 7) is 2.07. The van der Waals surface area contributed by atoms with Crippen molar-refractivity contribution in [2.75, 3.05) is 5.73 Å². The molecule has 0 atom stereocenters. The monoisotopic (exact) mass is 271 g/mol. The summed E-state index contributed by atoms with van der Waals surface area (Å²) in [5, 5.41) is 6.43. The smallest absolute Gasteiger partial charge is 0.121 e. The van der Waals surface area contributed by atoms with E-state index in [1.807, 2.05) is 13.1 Å². The highest BCUT2D eigenvalue weighted by molar-refractivity contribution is 9.10. The molecule has 0 fully saturated rings. The van der Waals surface area contributed by atoms with Gasteiger partial charge in [0.05, 0.1) is 4.88 Å². The van der Waals surface area contributed by atoms with E-state index in [-0.39, 0.29) is 0 Å². The van der Waals surface area contributed by atoms with E-state index in [1.54, 1.807) is 16.0 Å². The maximum absolute atomic E-state index is 5.72. The van der Waals surface area contributed by atoms with Crippen molar-refractivity contribution in [3.8, 4) is 10.6 Å². The van der Waals surface area contributed by atoms with Crippen molar-refractivity contribution < 1.29 is 0 Å². The van der Waals surface area contributed by atoms with Crippen molar-refractivity contribution in [1.82, 2.24) is 9.78 Å². The van der Waals surface area contributed by atoms with Crippen LogP contribution in [-0.4, -0.2) is 9.78 Å². The molecule has 0 aromatic carbocycles. The van der Waals surface area contributed by atoms with Gasteiger partial charge in [0.1, 0.15) is 11.5 Å². The van der Waals surface area contributed by atoms with Crippen LogP contribution < -0.4 is 5.73 Å². The fourth-order valence-electron chi connectivity index (χ4n) is 1.20. The number of nitrogens with zero attached hydrogens (tertiary/aromatic N) is 2. The zero-order valence-electron chi connectivity index (χ0n) is 7.91. The molecule has 3 nitrogen and oxygen atoms in total. The number of hydrogen-bond donors (Lipinski definition) is 1. The van der Waals surface area contributed by atoms with E-state index in [4.69, 9.17) is 5.73 Å². The summed E-state index contributed by atoms with van der Waals surface area (Å²) in [7, 11) is 1.84. The number of anilines is 1. The third-order valence-corrected chi connectivity index (χ3v) is 4.45.